The lowest BCUT2D eigenvalue weighted by molar-refractivity contribution is -0.142. The summed E-state index contributed by atoms with van der Waals surface area (Å²) in [6.07, 6.45) is 1.31. The molecule has 0 bridgehead atoms. The molecule has 0 aliphatic carbocycles. The predicted octanol–water partition coefficient (Wildman–Crippen LogP) is -4.19. The minimum atomic E-state index is -1.28. The third-order valence-corrected chi connectivity index (χ3v) is 6.94. The first-order valence-corrected chi connectivity index (χ1v) is 15.7. The number of rotatable bonds is 23. The largest absolute Gasteiger partial charge is 0.480 e. The summed E-state index contributed by atoms with van der Waals surface area (Å²) in [6, 6.07) is -5.62. The maximum atomic E-state index is 13.6. The summed E-state index contributed by atoms with van der Waals surface area (Å²) in [5.41, 5.74) is 38.0. The van der Waals surface area contributed by atoms with E-state index in [1.54, 1.807) is 27.7 Å². The fourth-order valence-corrected chi connectivity index (χ4v) is 4.29. The van der Waals surface area contributed by atoms with Gasteiger partial charge in [0, 0.05) is 19.6 Å². The van der Waals surface area contributed by atoms with E-state index >= 15 is 0 Å². The van der Waals surface area contributed by atoms with Gasteiger partial charge < -0.3 is 66.5 Å². The number of nitrogens with zero attached hydrogens (tertiary/aromatic N) is 3. The first-order valence-electron chi connectivity index (χ1n) is 15.7. The van der Waals surface area contributed by atoms with Gasteiger partial charge >= 0.3 is 5.97 Å². The van der Waals surface area contributed by atoms with Gasteiger partial charge in [0.1, 0.15) is 24.2 Å². The third-order valence-electron chi connectivity index (χ3n) is 6.94. The van der Waals surface area contributed by atoms with Crippen LogP contribution in [0, 0.1) is 11.8 Å². The van der Waals surface area contributed by atoms with E-state index in [9.17, 15) is 29.1 Å². The highest BCUT2D eigenvalue weighted by atomic mass is 16.4. The highest BCUT2D eigenvalue weighted by Crippen LogP contribution is 2.10. The summed E-state index contributed by atoms with van der Waals surface area (Å²) in [6.45, 7) is 7.33. The summed E-state index contributed by atoms with van der Waals surface area (Å²) < 4.78 is 0. The molecule has 0 unspecified atom stereocenters. The molecule has 0 aliphatic heterocycles. The molecule has 0 aromatic rings. The second-order valence-electron chi connectivity index (χ2n) is 11.9. The van der Waals surface area contributed by atoms with Gasteiger partial charge in [-0.15, -0.1) is 0 Å². The van der Waals surface area contributed by atoms with Crippen LogP contribution in [0.1, 0.15) is 66.2 Å². The number of hydrogen-bond acceptors (Lipinski definition) is 9. The molecule has 0 aromatic heterocycles. The van der Waals surface area contributed by atoms with Crippen LogP contribution in [0.2, 0.25) is 0 Å². The Bertz CT molecular complexity index is 1150. The van der Waals surface area contributed by atoms with E-state index in [1.165, 1.54) is 0 Å². The summed E-state index contributed by atoms with van der Waals surface area (Å²) in [5.74, 6) is -5.22. The summed E-state index contributed by atoms with van der Waals surface area (Å²) >= 11 is 0. The number of carboxylic acids is 1. The Kier molecular flexibility index (Phi) is 20.3. The maximum Gasteiger partial charge on any atom is 0.326 e. The SMILES string of the molecule is CC(C)[C@H](NC(=O)[C@H](CCCN=C(N)N)NC(=O)[C@@H](NC(=O)[C@@H](N)CCCN=C(N)N)C(C)C)C(=O)N[C@@H](CCCN=C(N)N)C(=O)O. The molecule has 19 N–H and O–H groups in total. The zero-order valence-electron chi connectivity index (χ0n) is 28.3. The number of amides is 4. The second kappa shape index (κ2) is 22.6. The van der Waals surface area contributed by atoms with Crippen molar-refractivity contribution in [2.45, 2.75) is 96.4 Å². The molecular weight excluding hydrogens is 628 g/mol. The first-order chi connectivity index (χ1) is 22.4. The van der Waals surface area contributed by atoms with Gasteiger partial charge in [-0.1, -0.05) is 27.7 Å². The first kappa shape index (κ1) is 43.1. The van der Waals surface area contributed by atoms with Gasteiger partial charge in [-0.3, -0.25) is 34.2 Å². The van der Waals surface area contributed by atoms with Crippen molar-refractivity contribution in [2.75, 3.05) is 19.6 Å². The summed E-state index contributed by atoms with van der Waals surface area (Å²) in [7, 11) is 0. The number of aliphatic carboxylic acids is 1. The van der Waals surface area contributed by atoms with Gasteiger partial charge in [0.15, 0.2) is 17.9 Å². The molecular formula is C28H56N14O6. The molecule has 0 radical (unpaired) electrons. The van der Waals surface area contributed by atoms with Crippen molar-refractivity contribution >= 4 is 47.5 Å². The van der Waals surface area contributed by atoms with Crippen molar-refractivity contribution in [1.82, 2.24) is 21.3 Å². The van der Waals surface area contributed by atoms with Crippen LogP contribution in [-0.4, -0.2) is 102 Å². The van der Waals surface area contributed by atoms with Gasteiger partial charge in [-0.2, -0.15) is 0 Å². The van der Waals surface area contributed by atoms with E-state index in [4.69, 9.17) is 40.1 Å². The van der Waals surface area contributed by atoms with E-state index in [1.807, 2.05) is 0 Å². The molecule has 0 aromatic carbocycles. The summed E-state index contributed by atoms with van der Waals surface area (Å²) in [4.78, 5) is 76.4. The van der Waals surface area contributed by atoms with Crippen molar-refractivity contribution in [2.24, 2.45) is 66.9 Å². The maximum absolute atomic E-state index is 13.6. The number of nitrogens with two attached hydrogens (primary N) is 7. The Balaban J connectivity index is 5.83. The van der Waals surface area contributed by atoms with Crippen LogP contribution in [0.15, 0.2) is 15.0 Å². The number of carbonyl (C=O) groups excluding carboxylic acids is 4. The van der Waals surface area contributed by atoms with Crippen LogP contribution in [0.25, 0.3) is 0 Å². The lowest BCUT2D eigenvalue weighted by Crippen LogP contribution is -2.60. The number of nitrogens with one attached hydrogen (secondary N) is 4. The number of guanidine groups is 3. The quantitative estimate of drug-likeness (QED) is 0.0276. The molecule has 48 heavy (non-hydrogen) atoms. The Labute approximate surface area is 280 Å². The minimum Gasteiger partial charge on any atom is -0.480 e. The van der Waals surface area contributed by atoms with Crippen LogP contribution in [0.5, 0.6) is 0 Å². The van der Waals surface area contributed by atoms with Crippen molar-refractivity contribution in [3.63, 3.8) is 0 Å². The zero-order chi connectivity index (χ0) is 37.0. The summed E-state index contributed by atoms with van der Waals surface area (Å²) in [5, 5.41) is 20.0. The predicted molar refractivity (Wildman–Crippen MR) is 183 cm³/mol. The van der Waals surface area contributed by atoms with E-state index in [0.717, 1.165) is 0 Å². The second-order valence-corrected chi connectivity index (χ2v) is 11.9. The molecule has 274 valence electrons. The zero-order valence-corrected chi connectivity index (χ0v) is 28.3. The van der Waals surface area contributed by atoms with Crippen LogP contribution in [-0.2, 0) is 24.0 Å². The Morgan fingerprint density at radius 1 is 0.542 bits per heavy atom. The van der Waals surface area contributed by atoms with Gasteiger partial charge in [-0.05, 0) is 50.4 Å². The molecule has 5 atom stereocenters. The van der Waals surface area contributed by atoms with Gasteiger partial charge in [0.25, 0.3) is 0 Å². The molecule has 4 amide bonds. The number of hydrogen-bond donors (Lipinski definition) is 12. The average molecular weight is 685 g/mol. The minimum absolute atomic E-state index is 0.0301. The number of carboxylic acid groups (broad SMARTS) is 1. The third kappa shape index (κ3) is 18.3. The van der Waals surface area contributed by atoms with Crippen LogP contribution >= 0.6 is 0 Å². The Morgan fingerprint density at radius 3 is 1.27 bits per heavy atom. The molecule has 0 fully saturated rings. The van der Waals surface area contributed by atoms with Crippen LogP contribution in [0.3, 0.4) is 0 Å². The number of aliphatic imine (C=N–C) groups is 3. The van der Waals surface area contributed by atoms with Crippen molar-refractivity contribution in [1.29, 1.82) is 0 Å². The van der Waals surface area contributed by atoms with E-state index in [-0.39, 0.29) is 69.6 Å². The Hall–Kier alpha value is -4.88. The molecule has 20 heteroatoms. The fraction of sp³-hybridized carbons (Fsp3) is 0.714. The van der Waals surface area contributed by atoms with Crippen molar-refractivity contribution in [3.05, 3.63) is 0 Å². The van der Waals surface area contributed by atoms with Crippen LogP contribution < -0.4 is 61.4 Å². The lowest BCUT2D eigenvalue weighted by atomic mass is 9.99. The average Bonchev–Trinajstić information content (AvgIpc) is 2.98. The van der Waals surface area contributed by atoms with Gasteiger partial charge in [-0.25, -0.2) is 4.79 Å². The Morgan fingerprint density at radius 2 is 0.896 bits per heavy atom. The number of carbonyl (C=O) groups is 5. The van der Waals surface area contributed by atoms with E-state index in [2.05, 4.69) is 36.2 Å². The molecule has 0 saturated heterocycles. The van der Waals surface area contributed by atoms with E-state index < -0.39 is 71.6 Å². The molecule has 0 rings (SSSR count). The van der Waals surface area contributed by atoms with Gasteiger partial charge in [0.05, 0.1) is 6.04 Å². The topological polar surface area (TPSA) is 373 Å². The molecule has 0 saturated carbocycles. The fourth-order valence-electron chi connectivity index (χ4n) is 4.29. The molecule has 0 spiro atoms. The molecule has 20 nitrogen and oxygen atoms in total. The standard InChI is InChI=1S/C28H56N14O6/c1-14(2)19(41-21(43)16(29)8-5-11-36-26(30)31)23(45)39-17(9-6-12-37-27(32)33)22(44)42-20(15(3)4)24(46)40-18(25(47)48)10-7-13-38-28(34)35/h14-20H,5-13,29H2,1-4H3,(H,39,45)(H,40,46)(H,41,43)(H,42,44)(H,47,48)(H4,30,31,36)(H4,32,33,37)(H4,34,35,38)/t16-,17-,18-,19-,20-/m0/s1. The van der Waals surface area contributed by atoms with Crippen LogP contribution in [0.4, 0.5) is 0 Å². The monoisotopic (exact) mass is 684 g/mol. The van der Waals surface area contributed by atoms with E-state index in [0.29, 0.717) is 6.42 Å². The molecule has 0 heterocycles. The highest BCUT2D eigenvalue weighted by Gasteiger charge is 2.33. The molecule has 0 aliphatic rings. The highest BCUT2D eigenvalue weighted by molar-refractivity contribution is 5.95. The normalized spacial score (nSPS) is 14.0. The lowest BCUT2D eigenvalue weighted by Gasteiger charge is -2.28. The van der Waals surface area contributed by atoms with Crippen molar-refractivity contribution < 1.29 is 29.1 Å². The van der Waals surface area contributed by atoms with Crippen molar-refractivity contribution in [3.8, 4) is 0 Å². The van der Waals surface area contributed by atoms with Gasteiger partial charge in [0.2, 0.25) is 23.6 Å². The smallest absolute Gasteiger partial charge is 0.326 e.